The molecule has 224 valence electrons. The second-order valence-corrected chi connectivity index (χ2v) is 11.2. The number of carbonyl (C=O) groups is 4. The summed E-state index contributed by atoms with van der Waals surface area (Å²) in [5.41, 5.74) is 2.28. The summed E-state index contributed by atoms with van der Waals surface area (Å²) in [6.45, 7) is 3.70. The van der Waals surface area contributed by atoms with Crippen LogP contribution >= 0.6 is 0 Å². The van der Waals surface area contributed by atoms with Gasteiger partial charge in [0.2, 0.25) is 5.78 Å². The number of primary amides is 1. The Bertz CT molecular complexity index is 1690. The van der Waals surface area contributed by atoms with Gasteiger partial charge in [0.05, 0.1) is 16.2 Å². The number of nitrogens with zero attached hydrogens (tertiary/aromatic N) is 1. The van der Waals surface area contributed by atoms with Crippen LogP contribution in [-0.4, -0.2) is 54.5 Å². The number of ketones is 2. The van der Waals surface area contributed by atoms with Gasteiger partial charge < -0.3 is 36.8 Å². The summed E-state index contributed by atoms with van der Waals surface area (Å²) in [5.74, 6) is -7.60. The number of non-ortho nitro benzene ring substituents is 1. The molecule has 3 aliphatic carbocycles. The maximum Gasteiger partial charge on any atom is 0.323 e. The molecule has 2 aromatic carbocycles. The van der Waals surface area contributed by atoms with Crippen LogP contribution in [0, 0.1) is 22.0 Å². The Balaban J connectivity index is 1.56. The molecule has 1 fully saturated rings. The minimum Gasteiger partial charge on any atom is -0.508 e. The summed E-state index contributed by atoms with van der Waals surface area (Å²) in [4.78, 5) is 61.2. The number of rotatable bonds is 5. The molecule has 3 atom stereocenters. The van der Waals surface area contributed by atoms with Crippen molar-refractivity contribution in [3.8, 4) is 5.75 Å². The summed E-state index contributed by atoms with van der Waals surface area (Å²) in [5, 5.41) is 60.7. The van der Waals surface area contributed by atoms with Crippen molar-refractivity contribution in [2.24, 2.45) is 17.6 Å². The molecule has 14 heteroatoms. The molecule has 14 nitrogen and oxygen atoms in total. The third-order valence-electron chi connectivity index (χ3n) is 8.30. The second kappa shape index (κ2) is 10.2. The van der Waals surface area contributed by atoms with E-state index in [1.54, 1.807) is 0 Å². The van der Waals surface area contributed by atoms with Crippen LogP contribution in [0.2, 0.25) is 0 Å². The zero-order valence-corrected chi connectivity index (χ0v) is 23.0. The molecule has 0 spiro atoms. The molecule has 43 heavy (non-hydrogen) atoms. The summed E-state index contributed by atoms with van der Waals surface area (Å²) >= 11 is 0. The van der Waals surface area contributed by atoms with Gasteiger partial charge in [-0.15, -0.1) is 0 Å². The highest BCUT2D eigenvalue weighted by atomic mass is 16.6. The zero-order chi connectivity index (χ0) is 31.5. The first-order chi connectivity index (χ1) is 20.2. The van der Waals surface area contributed by atoms with E-state index in [1.165, 1.54) is 30.3 Å². The third-order valence-corrected chi connectivity index (χ3v) is 8.30. The lowest BCUT2D eigenvalue weighted by Gasteiger charge is -2.46. The van der Waals surface area contributed by atoms with E-state index in [9.17, 15) is 49.7 Å². The number of anilines is 2. The van der Waals surface area contributed by atoms with Crippen molar-refractivity contribution in [1.29, 1.82) is 0 Å². The van der Waals surface area contributed by atoms with Crippen molar-refractivity contribution < 1.29 is 44.5 Å². The minimum absolute atomic E-state index is 0.00113. The third kappa shape index (κ3) is 4.55. The largest absolute Gasteiger partial charge is 0.508 e. The summed E-state index contributed by atoms with van der Waals surface area (Å²) in [6.07, 6.45) is -0.291. The van der Waals surface area contributed by atoms with Crippen LogP contribution in [0.1, 0.15) is 49.3 Å². The average molecular weight is 593 g/mol. The van der Waals surface area contributed by atoms with Gasteiger partial charge in [0.15, 0.2) is 11.4 Å². The molecule has 0 heterocycles. The lowest BCUT2D eigenvalue weighted by Crippen LogP contribution is -2.58. The predicted molar refractivity (Wildman–Crippen MR) is 151 cm³/mol. The quantitative estimate of drug-likeness (QED) is 0.116. The molecule has 0 aromatic heterocycles. The molecule has 2 aromatic rings. The van der Waals surface area contributed by atoms with E-state index in [4.69, 9.17) is 5.73 Å². The average Bonchev–Trinajstić information content (AvgIpc) is 2.92. The topological polar surface area (TPSA) is 242 Å². The molecule has 8 N–H and O–H groups in total. The van der Waals surface area contributed by atoms with E-state index in [1.807, 2.05) is 13.8 Å². The Hall–Kier alpha value is -5.24. The van der Waals surface area contributed by atoms with Gasteiger partial charge in [0.1, 0.15) is 22.8 Å². The molecular formula is C29H28N4O10. The lowest BCUT2D eigenvalue weighted by molar-refractivity contribution is -0.384. The van der Waals surface area contributed by atoms with Crippen molar-refractivity contribution in [3.63, 3.8) is 0 Å². The molecule has 0 aliphatic heterocycles. The van der Waals surface area contributed by atoms with E-state index in [-0.39, 0.29) is 47.0 Å². The Kier molecular flexibility index (Phi) is 6.97. The fraction of sp³-hybridized carbons (Fsp3) is 0.310. The number of fused-ring (bicyclic) bond motifs is 3. The lowest BCUT2D eigenvalue weighted by atomic mass is 9.59. The number of amides is 3. The van der Waals surface area contributed by atoms with Gasteiger partial charge in [0.25, 0.3) is 11.6 Å². The van der Waals surface area contributed by atoms with E-state index >= 15 is 0 Å². The van der Waals surface area contributed by atoms with Crippen LogP contribution in [0.5, 0.6) is 5.75 Å². The maximum atomic E-state index is 13.8. The SMILES string of the molecule is CC(C)c1cc(NC(=O)Nc2ccc([N+](=O)[O-])cc2)c(O)c2c1C[C@H]1C[C@H]3CC(=O)C(C(N)=O)=C(O)[C@@]3(O)C(=O)C1=C2O. The van der Waals surface area contributed by atoms with Crippen LogP contribution in [-0.2, 0) is 20.8 Å². The minimum atomic E-state index is -2.69. The van der Waals surface area contributed by atoms with E-state index < -0.39 is 75.1 Å². The number of hydrogen-bond donors (Lipinski definition) is 7. The molecule has 0 radical (unpaired) electrons. The number of benzene rings is 2. The van der Waals surface area contributed by atoms with Crippen LogP contribution in [0.3, 0.4) is 0 Å². The number of urea groups is 1. The highest BCUT2D eigenvalue weighted by Crippen LogP contribution is 2.53. The van der Waals surface area contributed by atoms with Gasteiger partial charge in [-0.05, 0) is 54.0 Å². The Morgan fingerprint density at radius 3 is 2.33 bits per heavy atom. The highest BCUT2D eigenvalue weighted by Gasteiger charge is 2.60. The summed E-state index contributed by atoms with van der Waals surface area (Å²) < 4.78 is 0. The normalized spacial score (nSPS) is 23.0. The van der Waals surface area contributed by atoms with Crippen LogP contribution in [0.15, 0.2) is 47.2 Å². The fourth-order valence-corrected chi connectivity index (χ4v) is 6.28. The van der Waals surface area contributed by atoms with Crippen molar-refractivity contribution in [3.05, 3.63) is 74.0 Å². The van der Waals surface area contributed by atoms with Gasteiger partial charge in [-0.25, -0.2) is 4.79 Å². The van der Waals surface area contributed by atoms with E-state index in [2.05, 4.69) is 10.6 Å². The standard InChI is InChI=1S/C29H28N4O10/c1-11(2)16-10-18(32-28(40)31-14-3-5-15(6-4-14)33(42)43)23(35)21-17(16)8-12-7-13-9-19(34)22(27(30)39)26(38)29(13,41)25(37)20(12)24(21)36/h3-6,10-13,35-36,38,41H,7-9H2,1-2H3,(H2,30,39)(H2,31,32,40)/t12-,13+,29+/m1/s1. The summed E-state index contributed by atoms with van der Waals surface area (Å²) in [6, 6.07) is 5.76. The fourth-order valence-electron chi connectivity index (χ4n) is 6.28. The van der Waals surface area contributed by atoms with Crippen LogP contribution in [0.4, 0.5) is 21.9 Å². The first-order valence-electron chi connectivity index (χ1n) is 13.3. The summed E-state index contributed by atoms with van der Waals surface area (Å²) in [7, 11) is 0. The number of nitrogens with one attached hydrogen (secondary N) is 2. The number of carbonyl (C=O) groups excluding carboxylic acids is 4. The number of aliphatic hydroxyl groups excluding tert-OH is 2. The van der Waals surface area contributed by atoms with Gasteiger partial charge in [0, 0.05) is 35.7 Å². The smallest absolute Gasteiger partial charge is 0.323 e. The van der Waals surface area contributed by atoms with Crippen LogP contribution in [0.25, 0.3) is 5.76 Å². The van der Waals surface area contributed by atoms with E-state index in [0.29, 0.717) is 11.1 Å². The molecule has 0 saturated heterocycles. The van der Waals surface area contributed by atoms with Gasteiger partial charge in [-0.1, -0.05) is 13.8 Å². The Morgan fingerprint density at radius 2 is 1.74 bits per heavy atom. The number of Topliss-reactive ketones (excluding diaryl/α,β-unsaturated/α-hetero) is 2. The molecular weight excluding hydrogens is 564 g/mol. The number of nitrogens with two attached hydrogens (primary N) is 1. The Morgan fingerprint density at radius 1 is 1.09 bits per heavy atom. The first-order valence-corrected chi connectivity index (χ1v) is 13.3. The molecule has 5 rings (SSSR count). The molecule has 3 amide bonds. The van der Waals surface area contributed by atoms with Gasteiger partial charge in [-0.2, -0.15) is 0 Å². The number of phenolic OH excluding ortho intramolecular Hbond substituents is 1. The number of nitro groups is 1. The number of nitro benzene ring substituents is 1. The van der Waals surface area contributed by atoms with Gasteiger partial charge >= 0.3 is 6.03 Å². The van der Waals surface area contributed by atoms with Gasteiger partial charge in [-0.3, -0.25) is 24.5 Å². The molecule has 3 aliphatic rings. The van der Waals surface area contributed by atoms with Crippen molar-refractivity contribution in [1.82, 2.24) is 0 Å². The Labute approximate surface area is 243 Å². The maximum absolute atomic E-state index is 13.8. The molecule has 1 saturated carbocycles. The number of hydrogen-bond acceptors (Lipinski definition) is 10. The van der Waals surface area contributed by atoms with Crippen molar-refractivity contribution >= 4 is 46.3 Å². The molecule has 0 unspecified atom stereocenters. The predicted octanol–water partition coefficient (Wildman–Crippen LogP) is 3.10. The monoisotopic (exact) mass is 592 g/mol. The number of aliphatic hydroxyl groups is 3. The van der Waals surface area contributed by atoms with Crippen molar-refractivity contribution in [2.75, 3.05) is 10.6 Å². The molecule has 0 bridgehead atoms. The highest BCUT2D eigenvalue weighted by molar-refractivity contribution is 6.22. The van der Waals surface area contributed by atoms with Crippen LogP contribution < -0.4 is 16.4 Å². The van der Waals surface area contributed by atoms with E-state index in [0.717, 1.165) is 0 Å². The number of phenols is 1. The van der Waals surface area contributed by atoms with Crippen molar-refractivity contribution in [2.45, 2.75) is 44.6 Å². The first kappa shape index (κ1) is 29.3. The zero-order valence-electron chi connectivity index (χ0n) is 23.0. The number of aromatic hydroxyl groups is 1. The second-order valence-electron chi connectivity index (χ2n) is 11.2.